The summed E-state index contributed by atoms with van der Waals surface area (Å²) in [6, 6.07) is 13.3. The summed E-state index contributed by atoms with van der Waals surface area (Å²) in [4.78, 5) is 70.6. The third kappa shape index (κ3) is 8.76. The molecule has 6 heterocycles. The molecule has 0 atom stereocenters. The number of pyridine rings is 2. The third-order valence-corrected chi connectivity index (χ3v) is 10.8. The second-order valence-corrected chi connectivity index (χ2v) is 17.6. The van der Waals surface area contributed by atoms with Crippen molar-refractivity contribution < 1.29 is 41.5 Å². The zero-order valence-corrected chi connectivity index (χ0v) is 36.5. The van der Waals surface area contributed by atoms with Gasteiger partial charge in [-0.05, 0) is 99.5 Å². The molecular weight excluding hydrogens is 831 g/mol. The molecule has 0 bridgehead atoms. The van der Waals surface area contributed by atoms with E-state index in [9.17, 15) is 36.7 Å². The van der Waals surface area contributed by atoms with Crippen LogP contribution in [0.2, 0.25) is 0 Å². The Bertz CT molecular complexity index is 2720. The Morgan fingerprint density at radius 2 is 1.09 bits per heavy atom. The van der Waals surface area contributed by atoms with Crippen LogP contribution in [-0.4, -0.2) is 78.7 Å². The fourth-order valence-electron chi connectivity index (χ4n) is 8.19. The van der Waals surface area contributed by atoms with E-state index in [1.54, 1.807) is 32.3 Å². The summed E-state index contributed by atoms with van der Waals surface area (Å²) in [5, 5.41) is 4.56. The molecule has 6 aromatic rings. The summed E-state index contributed by atoms with van der Waals surface area (Å²) >= 11 is 0. The van der Waals surface area contributed by atoms with Crippen LogP contribution < -0.4 is 5.32 Å². The number of benzene rings is 2. The lowest BCUT2D eigenvalue weighted by Gasteiger charge is -2.29. The van der Waals surface area contributed by atoms with Crippen molar-refractivity contribution in [2.45, 2.75) is 78.4 Å². The Hall–Kier alpha value is -7.10. The van der Waals surface area contributed by atoms with E-state index in [1.807, 2.05) is 59.7 Å². The zero-order chi connectivity index (χ0) is 46.4. The lowest BCUT2D eigenvalue weighted by Crippen LogP contribution is -2.37. The number of hydrogen-bond acceptors (Lipinski definition) is 7. The Morgan fingerprint density at radius 1 is 0.656 bits per heavy atom. The Morgan fingerprint density at radius 3 is 1.52 bits per heavy atom. The van der Waals surface area contributed by atoms with E-state index in [2.05, 4.69) is 25.3 Å². The van der Waals surface area contributed by atoms with Crippen LogP contribution in [0.25, 0.3) is 33.2 Å². The highest BCUT2D eigenvalue weighted by atomic mass is 19.2. The van der Waals surface area contributed by atoms with Gasteiger partial charge in [0.25, 0.3) is 17.7 Å². The van der Waals surface area contributed by atoms with Gasteiger partial charge in [0.2, 0.25) is 0 Å². The molecule has 8 rings (SSSR count). The molecule has 0 radical (unpaired) electrons. The molecule has 3 N–H and O–H groups in total. The average molecular weight is 878 g/mol. The van der Waals surface area contributed by atoms with Gasteiger partial charge in [-0.3, -0.25) is 14.4 Å². The van der Waals surface area contributed by atoms with Crippen molar-refractivity contribution >= 4 is 56.9 Å². The predicted molar refractivity (Wildman–Crippen MR) is 233 cm³/mol. The lowest BCUT2D eigenvalue weighted by atomic mass is 9.82. The Labute approximate surface area is 366 Å². The summed E-state index contributed by atoms with van der Waals surface area (Å²) in [5.41, 5.74) is 3.28. The van der Waals surface area contributed by atoms with Crippen molar-refractivity contribution in [3.63, 3.8) is 0 Å². The molecule has 332 valence electrons. The first-order valence-electron chi connectivity index (χ1n) is 20.6. The normalized spacial score (nSPS) is 15.3. The fraction of sp³-hybridized carbons (Fsp3) is 0.292. The topological polar surface area (TPSA) is 153 Å². The van der Waals surface area contributed by atoms with Gasteiger partial charge in [-0.2, -0.15) is 0 Å². The van der Waals surface area contributed by atoms with Crippen LogP contribution >= 0.6 is 0 Å². The number of aromatic nitrogens is 4. The highest BCUT2D eigenvalue weighted by Crippen LogP contribution is 2.42. The second kappa shape index (κ2) is 17.2. The van der Waals surface area contributed by atoms with Crippen molar-refractivity contribution in [1.82, 2.24) is 35.1 Å². The highest BCUT2D eigenvalue weighted by molar-refractivity contribution is 6.21. The number of ether oxygens (including phenoxy) is 1. The molecule has 3 amide bonds. The number of fused-ring (bicyclic) bond motifs is 6. The highest BCUT2D eigenvalue weighted by Gasteiger charge is 2.39. The van der Waals surface area contributed by atoms with Crippen molar-refractivity contribution in [1.29, 1.82) is 0 Å². The number of carbonyl (C=O) groups excluding carboxylic acids is 4. The van der Waals surface area contributed by atoms with Crippen LogP contribution in [-0.2, 0) is 25.2 Å². The predicted octanol–water partition coefficient (Wildman–Crippen LogP) is 8.71. The Balaban J connectivity index is 0.000000191. The maximum absolute atomic E-state index is 13.8. The van der Waals surface area contributed by atoms with Gasteiger partial charge in [0.15, 0.2) is 23.3 Å². The van der Waals surface area contributed by atoms with Crippen LogP contribution in [0.4, 0.5) is 17.6 Å². The van der Waals surface area contributed by atoms with E-state index in [-0.39, 0.29) is 53.4 Å². The molecule has 0 saturated heterocycles. The maximum atomic E-state index is 13.8. The minimum Gasteiger partial charge on any atom is -0.459 e. The number of esters is 1. The molecule has 4 aromatic heterocycles. The van der Waals surface area contributed by atoms with Gasteiger partial charge in [-0.25, -0.2) is 32.3 Å². The third-order valence-electron chi connectivity index (χ3n) is 10.8. The molecule has 0 fully saturated rings. The first-order valence-corrected chi connectivity index (χ1v) is 20.6. The maximum Gasteiger partial charge on any atom is 0.342 e. The lowest BCUT2D eigenvalue weighted by molar-refractivity contribution is -0.140. The van der Waals surface area contributed by atoms with E-state index in [4.69, 9.17) is 4.74 Å². The standard InChI is InChI=1S/C24H24F2N4O2.C24H23F2N3O3/c1-13(2)28-22(31)16-11-30(23(32)14-7-8-17(25)18(26)10-14)12-24(3,4)19-15-6-5-9-27-21(15)29-20(16)19;1-13(2)32-23(31)16-11-29(22(30)14-7-8-17(25)18(26)10-14)12-24(3,4)19-15-6-5-9-27-21(15)28-20(16)19/h5-11,13H,12H2,1-4H3,(H,27,29)(H,28,31);5-11,13H,12H2,1-4H3,(H,27,28). The number of amides is 3. The number of nitrogens with zero attached hydrogens (tertiary/aromatic N) is 4. The van der Waals surface area contributed by atoms with Gasteiger partial charge in [-0.1, -0.05) is 27.7 Å². The minimum absolute atomic E-state index is 0.00310. The molecule has 64 heavy (non-hydrogen) atoms. The fourth-order valence-corrected chi connectivity index (χ4v) is 8.19. The van der Waals surface area contributed by atoms with Gasteiger partial charge < -0.3 is 29.8 Å². The summed E-state index contributed by atoms with van der Waals surface area (Å²) < 4.78 is 59.8. The van der Waals surface area contributed by atoms with Crippen molar-refractivity contribution in [2.75, 3.05) is 13.1 Å². The van der Waals surface area contributed by atoms with Crippen LogP contribution in [0.5, 0.6) is 0 Å². The van der Waals surface area contributed by atoms with Gasteiger partial charge in [0, 0.05) is 76.7 Å². The molecule has 2 aliphatic rings. The van der Waals surface area contributed by atoms with E-state index >= 15 is 0 Å². The quantitative estimate of drug-likeness (QED) is 0.112. The molecule has 0 saturated carbocycles. The monoisotopic (exact) mass is 877 g/mol. The number of halogens is 4. The summed E-state index contributed by atoms with van der Waals surface area (Å²) in [6.45, 7) is 15.4. The van der Waals surface area contributed by atoms with Crippen molar-refractivity contribution in [3.8, 4) is 0 Å². The first kappa shape index (κ1) is 44.9. The van der Waals surface area contributed by atoms with Gasteiger partial charge in [-0.15, -0.1) is 0 Å². The number of carbonyl (C=O) groups is 4. The molecule has 12 nitrogen and oxygen atoms in total. The van der Waals surface area contributed by atoms with E-state index in [1.165, 1.54) is 34.3 Å². The number of aromatic amines is 2. The first-order chi connectivity index (χ1) is 30.2. The zero-order valence-electron chi connectivity index (χ0n) is 36.5. The van der Waals surface area contributed by atoms with Gasteiger partial charge in [0.05, 0.1) is 28.6 Å². The molecule has 0 spiro atoms. The van der Waals surface area contributed by atoms with Gasteiger partial charge >= 0.3 is 5.97 Å². The van der Waals surface area contributed by atoms with Crippen molar-refractivity contribution in [3.05, 3.63) is 142 Å². The molecule has 0 aliphatic carbocycles. The molecule has 0 unspecified atom stereocenters. The average Bonchev–Trinajstić information content (AvgIpc) is 3.76. The number of nitrogens with one attached hydrogen (secondary N) is 3. The van der Waals surface area contributed by atoms with Crippen LogP contribution in [0.15, 0.2) is 85.5 Å². The van der Waals surface area contributed by atoms with E-state index < -0.39 is 51.9 Å². The molecular formula is C48H47F4N7O5. The van der Waals surface area contributed by atoms with Crippen LogP contribution in [0.1, 0.15) is 98.6 Å². The summed E-state index contributed by atoms with van der Waals surface area (Å²) in [5.74, 6) is -6.33. The number of H-pyrrole nitrogens is 2. The minimum atomic E-state index is -1.12. The van der Waals surface area contributed by atoms with Crippen LogP contribution in [0.3, 0.4) is 0 Å². The smallest absolute Gasteiger partial charge is 0.342 e. The second-order valence-electron chi connectivity index (χ2n) is 17.6. The summed E-state index contributed by atoms with van der Waals surface area (Å²) in [6.07, 6.45) is 5.84. The summed E-state index contributed by atoms with van der Waals surface area (Å²) in [7, 11) is 0. The largest absolute Gasteiger partial charge is 0.459 e. The Kier molecular flexibility index (Phi) is 12.1. The number of hydrogen-bond donors (Lipinski definition) is 3. The van der Waals surface area contributed by atoms with Gasteiger partial charge in [0.1, 0.15) is 11.3 Å². The SMILES string of the molecule is CC(C)NC(=O)C1=CN(C(=O)c2ccc(F)c(F)c2)CC(C)(C)c2c1[nH]c1ncccc21.CC(C)OC(=O)C1=CN(C(=O)c2ccc(F)c(F)c2)CC(C)(C)c2c1[nH]c1ncccc21. The molecule has 16 heteroatoms. The van der Waals surface area contributed by atoms with Crippen molar-refractivity contribution in [2.24, 2.45) is 0 Å². The van der Waals surface area contributed by atoms with E-state index in [0.29, 0.717) is 22.7 Å². The number of rotatable bonds is 6. The molecule has 2 aromatic carbocycles. The molecule has 2 aliphatic heterocycles. The van der Waals surface area contributed by atoms with E-state index in [0.717, 1.165) is 46.2 Å². The van der Waals surface area contributed by atoms with Crippen LogP contribution in [0, 0.1) is 23.3 Å².